The highest BCUT2D eigenvalue weighted by molar-refractivity contribution is 7.71. The number of pyridine rings is 2. The van der Waals surface area contributed by atoms with Gasteiger partial charge in [-0.05, 0) is 18.2 Å². The lowest BCUT2D eigenvalue weighted by molar-refractivity contribution is 1.26. The molecule has 0 aliphatic heterocycles. The molecule has 0 radical (unpaired) electrons. The quantitative estimate of drug-likeness (QED) is 0.741. The van der Waals surface area contributed by atoms with E-state index in [9.17, 15) is 0 Å². The van der Waals surface area contributed by atoms with Gasteiger partial charge in [-0.25, -0.2) is 0 Å². The molecule has 2 heterocycles. The Hall–Kier alpha value is -1.99. The van der Waals surface area contributed by atoms with Crippen molar-refractivity contribution in [2.45, 2.75) is 0 Å². The normalized spacial score (nSPS) is 9.53. The zero-order valence-corrected chi connectivity index (χ0v) is 8.58. The number of aromatic amines is 1. The number of hydrogen-bond donors (Lipinski definition) is 1. The van der Waals surface area contributed by atoms with E-state index in [0.29, 0.717) is 5.56 Å². The Bertz CT molecular complexity index is 581. The molecule has 0 aliphatic rings. The van der Waals surface area contributed by atoms with E-state index in [2.05, 4.69) is 9.97 Å². The van der Waals surface area contributed by atoms with Crippen LogP contribution in [0.25, 0.3) is 11.3 Å². The van der Waals surface area contributed by atoms with Crippen molar-refractivity contribution in [1.82, 2.24) is 9.97 Å². The molecular formula is C11H7N3S. The minimum atomic E-state index is 0.538. The van der Waals surface area contributed by atoms with Crippen LogP contribution in [0.15, 0.2) is 36.8 Å². The highest BCUT2D eigenvalue weighted by atomic mass is 32.1. The van der Waals surface area contributed by atoms with Gasteiger partial charge >= 0.3 is 0 Å². The fourth-order valence-electron chi connectivity index (χ4n) is 1.26. The fraction of sp³-hybridized carbons (Fsp3) is 0. The highest BCUT2D eigenvalue weighted by Gasteiger charge is 1.99. The number of hydrogen-bond acceptors (Lipinski definition) is 3. The molecule has 2 rings (SSSR count). The van der Waals surface area contributed by atoms with Crippen molar-refractivity contribution >= 4 is 12.2 Å². The van der Waals surface area contributed by atoms with Gasteiger partial charge in [0.05, 0.1) is 5.56 Å². The van der Waals surface area contributed by atoms with Gasteiger partial charge in [-0.1, -0.05) is 12.2 Å². The monoisotopic (exact) mass is 213 g/mol. The molecule has 0 bridgehead atoms. The summed E-state index contributed by atoms with van der Waals surface area (Å²) in [5.41, 5.74) is 2.27. The van der Waals surface area contributed by atoms with Crippen molar-refractivity contribution in [3.8, 4) is 17.3 Å². The number of aromatic nitrogens is 2. The Labute approximate surface area is 92.0 Å². The maximum absolute atomic E-state index is 8.74. The second-order valence-corrected chi connectivity index (χ2v) is 3.48. The van der Waals surface area contributed by atoms with Gasteiger partial charge in [-0.3, -0.25) is 4.98 Å². The van der Waals surface area contributed by atoms with E-state index in [4.69, 9.17) is 17.5 Å². The predicted molar refractivity (Wildman–Crippen MR) is 59.6 cm³/mol. The minimum Gasteiger partial charge on any atom is -0.361 e. The van der Waals surface area contributed by atoms with E-state index in [1.807, 2.05) is 12.1 Å². The fourth-order valence-corrected chi connectivity index (χ4v) is 1.45. The van der Waals surface area contributed by atoms with Crippen molar-refractivity contribution in [3.63, 3.8) is 0 Å². The topological polar surface area (TPSA) is 52.5 Å². The number of rotatable bonds is 1. The maximum atomic E-state index is 8.74. The highest BCUT2D eigenvalue weighted by Crippen LogP contribution is 2.16. The van der Waals surface area contributed by atoms with Crippen LogP contribution in [0, 0.1) is 15.8 Å². The molecular weight excluding hydrogens is 206 g/mol. The smallest absolute Gasteiger partial charge is 0.101 e. The summed E-state index contributed by atoms with van der Waals surface area (Å²) < 4.78 is 0.756. The lowest BCUT2D eigenvalue weighted by Crippen LogP contribution is -1.85. The molecule has 0 aliphatic carbocycles. The van der Waals surface area contributed by atoms with E-state index in [1.54, 1.807) is 24.5 Å². The molecule has 0 unspecified atom stereocenters. The predicted octanol–water partition coefficient (Wildman–Crippen LogP) is 2.68. The summed E-state index contributed by atoms with van der Waals surface area (Å²) in [6, 6.07) is 7.47. The standard InChI is InChI=1S/C11H7N3S/c12-5-8-3-9(7-13-6-8)11-4-10(15)1-2-14-11/h1-4,6-7H,(H,14,15). The molecule has 0 amide bonds. The zero-order chi connectivity index (χ0) is 10.7. The molecule has 2 aromatic heterocycles. The number of nitriles is 1. The van der Waals surface area contributed by atoms with Crippen LogP contribution >= 0.6 is 12.2 Å². The van der Waals surface area contributed by atoms with Crippen molar-refractivity contribution in [3.05, 3.63) is 46.9 Å². The first-order valence-corrected chi connectivity index (χ1v) is 4.75. The van der Waals surface area contributed by atoms with Crippen LogP contribution in [-0.4, -0.2) is 9.97 Å². The number of nitrogens with one attached hydrogen (secondary N) is 1. The summed E-state index contributed by atoms with van der Waals surface area (Å²) in [4.78, 5) is 7.05. The van der Waals surface area contributed by atoms with Gasteiger partial charge in [0.25, 0.3) is 0 Å². The molecule has 3 nitrogen and oxygen atoms in total. The molecule has 1 N–H and O–H groups in total. The molecule has 0 aromatic carbocycles. The third kappa shape index (κ3) is 2.09. The second-order valence-electron chi connectivity index (χ2n) is 3.01. The first-order valence-electron chi connectivity index (χ1n) is 4.34. The van der Waals surface area contributed by atoms with E-state index in [0.717, 1.165) is 15.8 Å². The van der Waals surface area contributed by atoms with Gasteiger partial charge in [-0.2, -0.15) is 5.26 Å². The second kappa shape index (κ2) is 4.03. The van der Waals surface area contributed by atoms with Crippen LogP contribution in [-0.2, 0) is 0 Å². The molecule has 15 heavy (non-hydrogen) atoms. The lowest BCUT2D eigenvalue weighted by Gasteiger charge is -2.00. The van der Waals surface area contributed by atoms with Crippen molar-refractivity contribution in [2.24, 2.45) is 0 Å². The van der Waals surface area contributed by atoms with Crippen molar-refractivity contribution in [2.75, 3.05) is 0 Å². The SMILES string of the molecule is N#Cc1cncc(-c2cc(=S)cc[nH]2)c1. The molecule has 0 spiro atoms. The van der Waals surface area contributed by atoms with Crippen molar-refractivity contribution in [1.29, 1.82) is 5.26 Å². The Balaban J connectivity index is 2.55. The first kappa shape index (κ1) is 9.56. The van der Waals surface area contributed by atoms with E-state index in [-0.39, 0.29) is 0 Å². The van der Waals surface area contributed by atoms with Crippen LogP contribution in [0.3, 0.4) is 0 Å². The van der Waals surface area contributed by atoms with Crippen molar-refractivity contribution < 1.29 is 0 Å². The lowest BCUT2D eigenvalue weighted by atomic mass is 10.1. The van der Waals surface area contributed by atoms with Gasteiger partial charge in [0.15, 0.2) is 0 Å². The summed E-state index contributed by atoms with van der Waals surface area (Å²) in [5.74, 6) is 0. The van der Waals surface area contributed by atoms with Crippen LogP contribution in [0.2, 0.25) is 0 Å². The average molecular weight is 213 g/mol. The number of H-pyrrole nitrogens is 1. The third-order valence-corrected chi connectivity index (χ3v) is 2.21. The largest absolute Gasteiger partial charge is 0.361 e. The Morgan fingerprint density at radius 3 is 2.93 bits per heavy atom. The van der Waals surface area contributed by atoms with Crippen LogP contribution < -0.4 is 0 Å². The molecule has 2 aromatic rings. The third-order valence-electron chi connectivity index (χ3n) is 1.95. The van der Waals surface area contributed by atoms with E-state index >= 15 is 0 Å². The Kier molecular flexibility index (Phi) is 2.57. The summed E-state index contributed by atoms with van der Waals surface area (Å²) in [6.45, 7) is 0. The molecule has 0 saturated carbocycles. The summed E-state index contributed by atoms with van der Waals surface area (Å²) in [7, 11) is 0. The van der Waals surface area contributed by atoms with E-state index in [1.165, 1.54) is 6.20 Å². The van der Waals surface area contributed by atoms with Gasteiger partial charge in [0.2, 0.25) is 0 Å². The first-order chi connectivity index (χ1) is 7.29. The molecule has 4 heteroatoms. The Morgan fingerprint density at radius 1 is 1.33 bits per heavy atom. The maximum Gasteiger partial charge on any atom is 0.101 e. The van der Waals surface area contributed by atoms with Gasteiger partial charge in [-0.15, -0.1) is 0 Å². The zero-order valence-electron chi connectivity index (χ0n) is 7.77. The summed E-state index contributed by atoms with van der Waals surface area (Å²) in [5, 5.41) is 8.74. The minimum absolute atomic E-state index is 0.538. The average Bonchev–Trinajstić information content (AvgIpc) is 2.29. The van der Waals surface area contributed by atoms with Gasteiger partial charge in [0.1, 0.15) is 6.07 Å². The van der Waals surface area contributed by atoms with Crippen LogP contribution in [0.4, 0.5) is 0 Å². The molecule has 0 saturated heterocycles. The molecule has 72 valence electrons. The molecule has 0 fully saturated rings. The summed E-state index contributed by atoms with van der Waals surface area (Å²) in [6.07, 6.45) is 5.00. The molecule has 0 atom stereocenters. The summed E-state index contributed by atoms with van der Waals surface area (Å²) >= 11 is 5.06. The van der Waals surface area contributed by atoms with E-state index < -0.39 is 0 Å². The number of nitrogens with zero attached hydrogens (tertiary/aromatic N) is 2. The van der Waals surface area contributed by atoms with Crippen LogP contribution in [0.5, 0.6) is 0 Å². The van der Waals surface area contributed by atoms with Crippen LogP contribution in [0.1, 0.15) is 5.56 Å². The van der Waals surface area contributed by atoms with Gasteiger partial charge in [0, 0.05) is 34.4 Å². The Morgan fingerprint density at radius 2 is 2.20 bits per heavy atom. The van der Waals surface area contributed by atoms with Gasteiger partial charge < -0.3 is 4.98 Å².